The van der Waals surface area contributed by atoms with Crippen LogP contribution in [0, 0.1) is 0 Å². The number of hydrogen-bond acceptors (Lipinski definition) is 5. The summed E-state index contributed by atoms with van der Waals surface area (Å²) in [6.07, 6.45) is -2.01. The molecule has 0 bridgehead atoms. The molecular weight excluding hydrogens is 470 g/mol. The summed E-state index contributed by atoms with van der Waals surface area (Å²) in [5, 5.41) is 0.542. The van der Waals surface area contributed by atoms with Crippen LogP contribution in [0.25, 0.3) is 0 Å². The zero-order valence-corrected chi connectivity index (χ0v) is 19.3. The molecule has 1 aliphatic rings. The molecule has 2 aromatic rings. The molecule has 1 fully saturated rings. The maximum Gasteiger partial charge on any atom is 0.324 e. The summed E-state index contributed by atoms with van der Waals surface area (Å²) in [5.41, 5.74) is 4.72. The zero-order chi connectivity index (χ0) is 24.7. The highest BCUT2D eigenvalue weighted by molar-refractivity contribution is 6.30. The quantitative estimate of drug-likeness (QED) is 0.601. The van der Waals surface area contributed by atoms with Crippen LogP contribution >= 0.6 is 11.6 Å². The van der Waals surface area contributed by atoms with Crippen molar-refractivity contribution in [2.24, 2.45) is 0 Å². The fourth-order valence-electron chi connectivity index (χ4n) is 3.38. The van der Waals surface area contributed by atoms with E-state index < -0.39 is 18.2 Å². The van der Waals surface area contributed by atoms with E-state index in [1.54, 1.807) is 45.6 Å². The number of piperazine rings is 1. The average Bonchev–Trinajstić information content (AvgIpc) is 2.86. The van der Waals surface area contributed by atoms with Crippen molar-refractivity contribution >= 4 is 35.1 Å². The number of benzene rings is 1. The van der Waals surface area contributed by atoms with Crippen LogP contribution in [-0.2, 0) is 11.3 Å². The predicted octanol–water partition coefficient (Wildman–Crippen LogP) is 2.53. The molecule has 0 spiro atoms. The molecule has 1 aromatic heterocycles. The maximum atomic E-state index is 13.4. The number of aromatic nitrogens is 1. The smallest absolute Gasteiger partial charge is 0.322 e. The standard InChI is InChI=1S/C22H25ClF2N6O3/c1-2-29-9-11-30(12-10-29)22(34)31(18-7-4-16(23)5-8-18)14-17-6-3-15(13-26-17)20(32)27-28-21(33)19(24)25/h3-8,13,19H,2,9-12,14H2,1H3,(H,27,32)(H,28,33). The van der Waals surface area contributed by atoms with Crippen LogP contribution in [0.1, 0.15) is 23.0 Å². The van der Waals surface area contributed by atoms with E-state index in [1.807, 2.05) is 5.43 Å². The Balaban J connectivity index is 1.72. The summed E-state index contributed by atoms with van der Waals surface area (Å²) in [6.45, 7) is 5.94. The molecule has 1 aliphatic heterocycles. The van der Waals surface area contributed by atoms with Gasteiger partial charge in [0.05, 0.1) is 17.8 Å². The molecule has 1 aromatic carbocycles. The predicted molar refractivity (Wildman–Crippen MR) is 123 cm³/mol. The number of urea groups is 1. The number of pyridine rings is 1. The highest BCUT2D eigenvalue weighted by Crippen LogP contribution is 2.22. The Morgan fingerprint density at radius 1 is 1.06 bits per heavy atom. The van der Waals surface area contributed by atoms with Gasteiger partial charge in [0.1, 0.15) is 0 Å². The van der Waals surface area contributed by atoms with E-state index in [0.717, 1.165) is 19.6 Å². The molecule has 3 rings (SSSR count). The van der Waals surface area contributed by atoms with Gasteiger partial charge in [-0.15, -0.1) is 0 Å². The lowest BCUT2D eigenvalue weighted by molar-refractivity contribution is -0.132. The van der Waals surface area contributed by atoms with E-state index in [0.29, 0.717) is 29.5 Å². The van der Waals surface area contributed by atoms with Crippen molar-refractivity contribution in [3.63, 3.8) is 0 Å². The second-order valence-electron chi connectivity index (χ2n) is 7.55. The Hall–Kier alpha value is -3.31. The van der Waals surface area contributed by atoms with E-state index in [4.69, 9.17) is 11.6 Å². The first-order valence-corrected chi connectivity index (χ1v) is 11.0. The first-order valence-electron chi connectivity index (χ1n) is 10.7. The summed E-state index contributed by atoms with van der Waals surface area (Å²) in [6, 6.07) is 9.69. The van der Waals surface area contributed by atoms with E-state index >= 15 is 0 Å². The summed E-state index contributed by atoms with van der Waals surface area (Å²) in [7, 11) is 0. The first-order chi connectivity index (χ1) is 16.3. The van der Waals surface area contributed by atoms with Crippen LogP contribution in [0.15, 0.2) is 42.6 Å². The van der Waals surface area contributed by atoms with Gasteiger partial charge in [-0.3, -0.25) is 30.3 Å². The van der Waals surface area contributed by atoms with Crippen LogP contribution in [0.5, 0.6) is 0 Å². The van der Waals surface area contributed by atoms with Gasteiger partial charge in [-0.1, -0.05) is 18.5 Å². The third-order valence-corrected chi connectivity index (χ3v) is 5.62. The SMILES string of the molecule is CCN1CCN(C(=O)N(Cc2ccc(C(=O)NNC(=O)C(F)F)cn2)c2ccc(Cl)cc2)CC1. The Morgan fingerprint density at radius 2 is 1.74 bits per heavy atom. The normalized spacial score (nSPS) is 14.1. The molecule has 0 radical (unpaired) electrons. The lowest BCUT2D eigenvalue weighted by atomic mass is 10.2. The number of halogens is 3. The maximum absolute atomic E-state index is 13.4. The van der Waals surface area contributed by atoms with Gasteiger partial charge in [0.25, 0.3) is 5.91 Å². The van der Waals surface area contributed by atoms with Crippen molar-refractivity contribution < 1.29 is 23.2 Å². The molecule has 182 valence electrons. The lowest BCUT2D eigenvalue weighted by Gasteiger charge is -2.37. The number of likely N-dealkylation sites (N-methyl/N-ethyl adjacent to an activating group) is 1. The average molecular weight is 495 g/mol. The molecular formula is C22H25ClF2N6O3. The largest absolute Gasteiger partial charge is 0.324 e. The molecule has 0 aliphatic carbocycles. The van der Waals surface area contributed by atoms with E-state index in [1.165, 1.54) is 12.3 Å². The van der Waals surface area contributed by atoms with Crippen molar-refractivity contribution in [1.82, 2.24) is 25.6 Å². The van der Waals surface area contributed by atoms with Crippen LogP contribution in [0.2, 0.25) is 5.02 Å². The summed E-state index contributed by atoms with van der Waals surface area (Å²) >= 11 is 6.01. The number of carbonyl (C=O) groups excluding carboxylic acids is 3. The van der Waals surface area contributed by atoms with Gasteiger partial charge in [0, 0.05) is 43.1 Å². The molecule has 2 N–H and O–H groups in total. The Kier molecular flexibility index (Phi) is 8.72. The lowest BCUT2D eigenvalue weighted by Crippen LogP contribution is -2.52. The Bertz CT molecular complexity index is 999. The minimum absolute atomic E-state index is 0.0540. The van der Waals surface area contributed by atoms with Crippen molar-refractivity contribution in [1.29, 1.82) is 0 Å². The molecule has 2 heterocycles. The number of nitrogens with zero attached hydrogens (tertiary/aromatic N) is 4. The van der Waals surface area contributed by atoms with E-state index in [2.05, 4.69) is 16.8 Å². The number of anilines is 1. The molecule has 1 saturated heterocycles. The molecule has 0 unspecified atom stereocenters. The van der Waals surface area contributed by atoms with Gasteiger partial charge >= 0.3 is 18.4 Å². The molecule has 0 saturated carbocycles. The highest BCUT2D eigenvalue weighted by atomic mass is 35.5. The number of nitrogens with one attached hydrogen (secondary N) is 2. The van der Waals surface area contributed by atoms with Crippen LogP contribution < -0.4 is 15.8 Å². The minimum atomic E-state index is -3.25. The fraction of sp³-hybridized carbons (Fsp3) is 0.364. The molecule has 4 amide bonds. The van der Waals surface area contributed by atoms with Gasteiger partial charge in [0.2, 0.25) is 0 Å². The van der Waals surface area contributed by atoms with Crippen molar-refractivity contribution in [3.05, 3.63) is 58.9 Å². The summed E-state index contributed by atoms with van der Waals surface area (Å²) in [5.74, 6) is -2.41. The molecule has 0 atom stereocenters. The van der Waals surface area contributed by atoms with Gasteiger partial charge in [-0.05, 0) is 42.9 Å². The van der Waals surface area contributed by atoms with Crippen LogP contribution in [-0.4, -0.2) is 71.8 Å². The van der Waals surface area contributed by atoms with Crippen molar-refractivity contribution in [2.75, 3.05) is 37.6 Å². The third kappa shape index (κ3) is 6.61. The highest BCUT2D eigenvalue weighted by Gasteiger charge is 2.26. The van der Waals surface area contributed by atoms with Crippen LogP contribution in [0.3, 0.4) is 0 Å². The van der Waals surface area contributed by atoms with Gasteiger partial charge < -0.3 is 9.80 Å². The first kappa shape index (κ1) is 25.3. The van der Waals surface area contributed by atoms with Crippen molar-refractivity contribution in [2.45, 2.75) is 19.9 Å². The molecule has 9 nitrogen and oxygen atoms in total. The van der Waals surface area contributed by atoms with E-state index in [9.17, 15) is 23.2 Å². The van der Waals surface area contributed by atoms with Gasteiger partial charge in [-0.25, -0.2) is 4.79 Å². The number of carbonyl (C=O) groups is 3. The third-order valence-electron chi connectivity index (χ3n) is 5.36. The number of rotatable bonds is 6. The monoisotopic (exact) mass is 494 g/mol. The number of hydrazine groups is 1. The van der Waals surface area contributed by atoms with Gasteiger partial charge in [-0.2, -0.15) is 8.78 Å². The second-order valence-corrected chi connectivity index (χ2v) is 7.99. The second kappa shape index (κ2) is 11.7. The van der Waals surface area contributed by atoms with E-state index in [-0.39, 0.29) is 18.1 Å². The van der Waals surface area contributed by atoms with Crippen molar-refractivity contribution in [3.8, 4) is 0 Å². The Labute approximate surface area is 200 Å². The fourth-order valence-corrected chi connectivity index (χ4v) is 3.50. The number of hydrogen-bond donors (Lipinski definition) is 2. The topological polar surface area (TPSA) is 97.9 Å². The molecule has 34 heavy (non-hydrogen) atoms. The molecule has 12 heteroatoms. The number of amides is 4. The summed E-state index contributed by atoms with van der Waals surface area (Å²) in [4.78, 5) is 46.2. The van der Waals surface area contributed by atoms with Crippen LogP contribution in [0.4, 0.5) is 19.3 Å². The minimum Gasteiger partial charge on any atom is -0.322 e. The summed E-state index contributed by atoms with van der Waals surface area (Å²) < 4.78 is 24.5. The van der Waals surface area contributed by atoms with Gasteiger partial charge in [0.15, 0.2) is 0 Å². The Morgan fingerprint density at radius 3 is 2.29 bits per heavy atom. The zero-order valence-electron chi connectivity index (χ0n) is 18.5. The number of alkyl halides is 2.